The summed E-state index contributed by atoms with van der Waals surface area (Å²) < 4.78 is 0. The smallest absolute Gasteiger partial charge is 0.250 e. The minimum Gasteiger partial charge on any atom is -0.399 e. The van der Waals surface area contributed by atoms with Crippen LogP contribution in [0.5, 0.6) is 0 Å². The van der Waals surface area contributed by atoms with Gasteiger partial charge in [0.05, 0.1) is 0 Å². The largest absolute Gasteiger partial charge is 0.399 e. The Kier molecular flexibility index (Phi) is 5.35. The van der Waals surface area contributed by atoms with Gasteiger partial charge in [0.2, 0.25) is 11.8 Å². The molecule has 0 spiro atoms. The van der Waals surface area contributed by atoms with Crippen LogP contribution in [0.1, 0.15) is 0 Å². The van der Waals surface area contributed by atoms with Gasteiger partial charge in [-0.15, -0.1) is 0 Å². The molecule has 0 unspecified atom stereocenters. The Bertz CT molecular complexity index is 497. The average molecular weight is 259 g/mol. The van der Waals surface area contributed by atoms with E-state index in [0.29, 0.717) is 24.5 Å². The molecule has 0 fully saturated rings. The third kappa shape index (κ3) is 4.31. The Hall–Kier alpha value is -2.56. The molecule has 3 N–H and O–H groups in total. The number of nitrogens with one attached hydrogen (secondary N) is 1. The Labute approximate surface area is 112 Å². The molecule has 0 aromatic heterocycles. The zero-order valence-electron chi connectivity index (χ0n) is 10.6. The van der Waals surface area contributed by atoms with Crippen LogP contribution in [-0.2, 0) is 9.59 Å². The summed E-state index contributed by atoms with van der Waals surface area (Å²) in [5.41, 5.74) is 6.92. The van der Waals surface area contributed by atoms with Gasteiger partial charge in [-0.1, -0.05) is 19.2 Å². The highest BCUT2D eigenvalue weighted by Gasteiger charge is 2.12. The van der Waals surface area contributed by atoms with E-state index in [0.717, 1.165) is 0 Å². The van der Waals surface area contributed by atoms with Crippen LogP contribution in [0.2, 0.25) is 0 Å². The summed E-state index contributed by atoms with van der Waals surface area (Å²) in [6, 6.07) is 6.96. The van der Waals surface area contributed by atoms with E-state index in [-0.39, 0.29) is 11.8 Å². The fraction of sp³-hybridized carbons (Fsp3) is 0.143. The van der Waals surface area contributed by atoms with Crippen molar-refractivity contribution in [3.8, 4) is 0 Å². The van der Waals surface area contributed by atoms with Gasteiger partial charge in [0, 0.05) is 24.5 Å². The first kappa shape index (κ1) is 14.5. The number of anilines is 2. The number of hydrogen-bond acceptors (Lipinski definition) is 3. The number of benzene rings is 1. The van der Waals surface area contributed by atoms with Crippen LogP contribution < -0.4 is 16.0 Å². The van der Waals surface area contributed by atoms with Crippen LogP contribution in [0.3, 0.4) is 0 Å². The minimum absolute atomic E-state index is 0.251. The summed E-state index contributed by atoms with van der Waals surface area (Å²) in [5.74, 6) is -0.531. The van der Waals surface area contributed by atoms with Gasteiger partial charge in [0.1, 0.15) is 0 Å². The van der Waals surface area contributed by atoms with Crippen LogP contribution in [0.15, 0.2) is 49.6 Å². The normalized spacial score (nSPS) is 9.47. The van der Waals surface area contributed by atoms with Crippen LogP contribution in [0, 0.1) is 0 Å². The summed E-state index contributed by atoms with van der Waals surface area (Å²) >= 11 is 0. The molecule has 2 amide bonds. The molecule has 1 aromatic rings. The number of rotatable bonds is 6. The summed E-state index contributed by atoms with van der Waals surface area (Å²) in [4.78, 5) is 24.3. The minimum atomic E-state index is -0.279. The van der Waals surface area contributed by atoms with Crippen LogP contribution in [-0.4, -0.2) is 24.9 Å². The molecule has 0 saturated heterocycles. The molecule has 19 heavy (non-hydrogen) atoms. The van der Waals surface area contributed by atoms with Gasteiger partial charge >= 0.3 is 0 Å². The number of nitrogens with zero attached hydrogens (tertiary/aromatic N) is 1. The topological polar surface area (TPSA) is 75.4 Å². The molecule has 0 atom stereocenters. The molecule has 0 saturated carbocycles. The number of nitrogen functional groups attached to an aromatic ring is 1. The van der Waals surface area contributed by atoms with E-state index in [9.17, 15) is 9.59 Å². The maximum Gasteiger partial charge on any atom is 0.250 e. The van der Waals surface area contributed by atoms with Crippen molar-refractivity contribution in [2.45, 2.75) is 0 Å². The van der Waals surface area contributed by atoms with E-state index in [1.54, 1.807) is 24.3 Å². The fourth-order valence-electron chi connectivity index (χ4n) is 1.53. The lowest BCUT2D eigenvalue weighted by Gasteiger charge is -2.21. The standard InChI is InChI=1S/C14H17N3O2/c1-3-13(18)16-8-9-17(14(19)4-2)12-7-5-6-11(15)10-12/h3-7,10H,1-2,8-9,15H2,(H,16,18). The third-order valence-corrected chi connectivity index (χ3v) is 2.44. The highest BCUT2D eigenvalue weighted by atomic mass is 16.2. The molecule has 5 nitrogen and oxygen atoms in total. The van der Waals surface area contributed by atoms with Gasteiger partial charge < -0.3 is 16.0 Å². The maximum absolute atomic E-state index is 11.8. The van der Waals surface area contributed by atoms with Crippen molar-refractivity contribution in [1.29, 1.82) is 0 Å². The van der Waals surface area contributed by atoms with Crippen molar-refractivity contribution >= 4 is 23.2 Å². The van der Waals surface area contributed by atoms with E-state index >= 15 is 0 Å². The molecular weight excluding hydrogens is 242 g/mol. The Morgan fingerprint density at radius 3 is 2.63 bits per heavy atom. The van der Waals surface area contributed by atoms with Crippen molar-refractivity contribution in [1.82, 2.24) is 5.32 Å². The van der Waals surface area contributed by atoms with Gasteiger partial charge in [-0.2, -0.15) is 0 Å². The predicted molar refractivity (Wildman–Crippen MR) is 76.6 cm³/mol. The highest BCUT2D eigenvalue weighted by molar-refractivity contribution is 6.01. The van der Waals surface area contributed by atoms with E-state index < -0.39 is 0 Å². The summed E-state index contributed by atoms with van der Waals surface area (Å²) in [6.45, 7) is 7.46. The number of carbonyl (C=O) groups excluding carboxylic acids is 2. The molecule has 1 rings (SSSR count). The quantitative estimate of drug-likeness (QED) is 0.593. The van der Waals surface area contributed by atoms with E-state index in [2.05, 4.69) is 18.5 Å². The molecule has 0 aliphatic heterocycles. The van der Waals surface area contributed by atoms with Crippen molar-refractivity contribution in [3.05, 3.63) is 49.6 Å². The van der Waals surface area contributed by atoms with Crippen molar-refractivity contribution < 1.29 is 9.59 Å². The molecule has 1 aromatic carbocycles. The lowest BCUT2D eigenvalue weighted by atomic mass is 10.2. The number of amides is 2. The van der Waals surface area contributed by atoms with Crippen LogP contribution >= 0.6 is 0 Å². The van der Waals surface area contributed by atoms with Gasteiger partial charge in [-0.25, -0.2) is 0 Å². The third-order valence-electron chi connectivity index (χ3n) is 2.44. The first-order valence-electron chi connectivity index (χ1n) is 5.78. The first-order valence-corrected chi connectivity index (χ1v) is 5.78. The summed E-state index contributed by atoms with van der Waals surface area (Å²) in [7, 11) is 0. The predicted octanol–water partition coefficient (Wildman–Crippen LogP) is 1.09. The van der Waals surface area contributed by atoms with Crippen molar-refractivity contribution in [2.75, 3.05) is 23.7 Å². The van der Waals surface area contributed by atoms with Crippen molar-refractivity contribution in [2.24, 2.45) is 0 Å². The second kappa shape index (κ2) is 7.00. The van der Waals surface area contributed by atoms with Gasteiger partial charge in [-0.3, -0.25) is 9.59 Å². The molecule has 0 aliphatic rings. The maximum atomic E-state index is 11.8. The zero-order valence-corrected chi connectivity index (χ0v) is 10.6. The lowest BCUT2D eigenvalue weighted by Crippen LogP contribution is -2.37. The second-order valence-electron chi connectivity index (χ2n) is 3.78. The molecule has 0 bridgehead atoms. The Balaban J connectivity index is 2.78. The molecule has 0 radical (unpaired) electrons. The molecule has 100 valence electrons. The number of hydrogen-bond donors (Lipinski definition) is 2. The summed E-state index contributed by atoms with van der Waals surface area (Å²) in [6.07, 6.45) is 2.40. The van der Waals surface area contributed by atoms with E-state index in [1.165, 1.54) is 17.1 Å². The van der Waals surface area contributed by atoms with E-state index in [1.807, 2.05) is 0 Å². The van der Waals surface area contributed by atoms with Crippen LogP contribution in [0.25, 0.3) is 0 Å². The van der Waals surface area contributed by atoms with E-state index in [4.69, 9.17) is 5.73 Å². The summed E-state index contributed by atoms with van der Waals surface area (Å²) in [5, 5.41) is 2.61. The Morgan fingerprint density at radius 1 is 1.32 bits per heavy atom. The number of carbonyl (C=O) groups is 2. The SMILES string of the molecule is C=CC(=O)NCCN(C(=O)C=C)c1cccc(N)c1. The molecule has 0 heterocycles. The van der Waals surface area contributed by atoms with Crippen molar-refractivity contribution in [3.63, 3.8) is 0 Å². The average Bonchev–Trinajstić information content (AvgIpc) is 2.42. The van der Waals surface area contributed by atoms with Gasteiger partial charge in [0.25, 0.3) is 0 Å². The lowest BCUT2D eigenvalue weighted by molar-refractivity contribution is -0.117. The molecule has 5 heteroatoms. The molecule has 0 aliphatic carbocycles. The zero-order chi connectivity index (χ0) is 14.3. The first-order chi connectivity index (χ1) is 9.08. The van der Waals surface area contributed by atoms with Gasteiger partial charge in [0.15, 0.2) is 0 Å². The second-order valence-corrected chi connectivity index (χ2v) is 3.78. The molecular formula is C14H17N3O2. The Morgan fingerprint density at radius 2 is 2.05 bits per heavy atom. The highest BCUT2D eigenvalue weighted by Crippen LogP contribution is 2.17. The monoisotopic (exact) mass is 259 g/mol. The van der Waals surface area contributed by atoms with Gasteiger partial charge in [-0.05, 0) is 30.4 Å². The van der Waals surface area contributed by atoms with Crippen LogP contribution in [0.4, 0.5) is 11.4 Å². The fourth-order valence-corrected chi connectivity index (χ4v) is 1.53. The number of nitrogens with two attached hydrogens (primary N) is 1.